The Morgan fingerprint density at radius 2 is 1.88 bits per heavy atom. The van der Waals surface area contributed by atoms with Crippen molar-refractivity contribution in [2.75, 3.05) is 43.8 Å². The molecule has 0 saturated carbocycles. The van der Waals surface area contributed by atoms with Crippen LogP contribution in [0.2, 0.25) is 0 Å². The summed E-state index contributed by atoms with van der Waals surface area (Å²) in [7, 11) is -1.81. The van der Waals surface area contributed by atoms with E-state index in [1.807, 2.05) is 0 Å². The van der Waals surface area contributed by atoms with Gasteiger partial charge < -0.3 is 15.4 Å². The standard InChI is InChI=1S/C15H25N3O4S.ClH/c1-3-12-23(20,21)18-14-7-5-4-6-13(14)15(19)17-9-8-16-10-11-22-2;/h4-7,16,18H,3,8-12H2,1-2H3,(H,17,19);1H. The summed E-state index contributed by atoms with van der Waals surface area (Å²) in [5, 5.41) is 5.87. The number of sulfonamides is 1. The zero-order valence-corrected chi connectivity index (χ0v) is 15.6. The lowest BCUT2D eigenvalue weighted by molar-refractivity contribution is 0.0954. The number of halogens is 1. The van der Waals surface area contributed by atoms with Gasteiger partial charge in [-0.1, -0.05) is 19.1 Å². The Balaban J connectivity index is 0.00000529. The quantitative estimate of drug-likeness (QED) is 0.502. The zero-order chi connectivity index (χ0) is 17.1. The summed E-state index contributed by atoms with van der Waals surface area (Å²) in [4.78, 5) is 12.2. The van der Waals surface area contributed by atoms with E-state index >= 15 is 0 Å². The van der Waals surface area contributed by atoms with Gasteiger partial charge in [0.25, 0.3) is 5.91 Å². The predicted molar refractivity (Wildman–Crippen MR) is 98.5 cm³/mol. The van der Waals surface area contributed by atoms with Crippen LogP contribution in [0, 0.1) is 0 Å². The lowest BCUT2D eigenvalue weighted by Crippen LogP contribution is -2.33. The van der Waals surface area contributed by atoms with Crippen LogP contribution in [0.25, 0.3) is 0 Å². The maximum absolute atomic E-state index is 12.2. The Bertz CT molecular complexity index is 596. The van der Waals surface area contributed by atoms with Crippen molar-refractivity contribution >= 4 is 34.0 Å². The molecule has 0 atom stereocenters. The molecular weight excluding hydrogens is 354 g/mol. The predicted octanol–water partition coefficient (Wildman–Crippen LogP) is 1.23. The van der Waals surface area contributed by atoms with Crippen LogP contribution in [0.4, 0.5) is 5.69 Å². The normalized spacial score (nSPS) is 10.8. The van der Waals surface area contributed by atoms with E-state index < -0.39 is 10.0 Å². The molecule has 1 aromatic rings. The second kappa shape index (κ2) is 12.1. The van der Waals surface area contributed by atoms with Crippen LogP contribution in [0.15, 0.2) is 24.3 Å². The number of nitrogens with one attached hydrogen (secondary N) is 3. The minimum Gasteiger partial charge on any atom is -0.383 e. The summed E-state index contributed by atoms with van der Waals surface area (Å²) in [5.41, 5.74) is 0.606. The Morgan fingerprint density at radius 1 is 1.17 bits per heavy atom. The lowest BCUT2D eigenvalue weighted by atomic mass is 10.1. The molecule has 0 saturated heterocycles. The molecule has 1 rings (SSSR count). The number of anilines is 1. The Labute approximate surface area is 150 Å². The monoisotopic (exact) mass is 379 g/mol. The highest BCUT2D eigenvalue weighted by Gasteiger charge is 2.15. The van der Waals surface area contributed by atoms with Gasteiger partial charge in [-0.05, 0) is 18.6 Å². The molecule has 24 heavy (non-hydrogen) atoms. The molecule has 138 valence electrons. The minimum atomic E-state index is -3.43. The zero-order valence-electron chi connectivity index (χ0n) is 14.0. The fourth-order valence-corrected chi connectivity index (χ4v) is 3.07. The largest absolute Gasteiger partial charge is 0.383 e. The van der Waals surface area contributed by atoms with Gasteiger partial charge in [-0.15, -0.1) is 12.4 Å². The third kappa shape index (κ3) is 8.49. The number of methoxy groups -OCH3 is 1. The molecule has 0 spiro atoms. The van der Waals surface area contributed by atoms with Crippen LogP contribution >= 0.6 is 12.4 Å². The highest BCUT2D eigenvalue weighted by Crippen LogP contribution is 2.16. The number of carbonyl (C=O) groups is 1. The van der Waals surface area contributed by atoms with Crippen LogP contribution in [0.5, 0.6) is 0 Å². The van der Waals surface area contributed by atoms with Gasteiger partial charge in [-0.2, -0.15) is 0 Å². The van der Waals surface area contributed by atoms with Gasteiger partial charge in [0.2, 0.25) is 10.0 Å². The number of benzene rings is 1. The number of amides is 1. The minimum absolute atomic E-state index is 0. The smallest absolute Gasteiger partial charge is 0.253 e. The number of carbonyl (C=O) groups excluding carboxylic acids is 1. The maximum Gasteiger partial charge on any atom is 0.253 e. The molecule has 3 N–H and O–H groups in total. The molecular formula is C15H26ClN3O4S. The van der Waals surface area contributed by atoms with Crippen molar-refractivity contribution < 1.29 is 17.9 Å². The van der Waals surface area contributed by atoms with Gasteiger partial charge in [0.1, 0.15) is 0 Å². The average molecular weight is 380 g/mol. The molecule has 1 aromatic carbocycles. The van der Waals surface area contributed by atoms with Crippen molar-refractivity contribution in [2.24, 2.45) is 0 Å². The van der Waals surface area contributed by atoms with E-state index in [1.165, 1.54) is 0 Å². The average Bonchev–Trinajstić information content (AvgIpc) is 2.50. The highest BCUT2D eigenvalue weighted by molar-refractivity contribution is 7.92. The molecule has 9 heteroatoms. The van der Waals surface area contributed by atoms with Crippen molar-refractivity contribution in [1.82, 2.24) is 10.6 Å². The summed E-state index contributed by atoms with van der Waals surface area (Å²) < 4.78 is 31.1. The van der Waals surface area contributed by atoms with E-state index in [9.17, 15) is 13.2 Å². The fourth-order valence-electron chi connectivity index (χ4n) is 1.92. The lowest BCUT2D eigenvalue weighted by Gasteiger charge is -2.12. The van der Waals surface area contributed by atoms with Crippen LogP contribution in [-0.2, 0) is 14.8 Å². The van der Waals surface area contributed by atoms with Crippen LogP contribution in [0.1, 0.15) is 23.7 Å². The molecule has 0 bridgehead atoms. The van der Waals surface area contributed by atoms with Crippen LogP contribution in [-0.4, -0.2) is 53.4 Å². The van der Waals surface area contributed by atoms with Gasteiger partial charge >= 0.3 is 0 Å². The van der Waals surface area contributed by atoms with E-state index in [4.69, 9.17) is 4.74 Å². The van der Waals surface area contributed by atoms with Crippen LogP contribution < -0.4 is 15.4 Å². The van der Waals surface area contributed by atoms with Gasteiger partial charge in [0.15, 0.2) is 0 Å². The molecule has 0 aliphatic heterocycles. The van der Waals surface area contributed by atoms with Gasteiger partial charge in [-0.3, -0.25) is 9.52 Å². The molecule has 0 heterocycles. The summed E-state index contributed by atoms with van der Waals surface area (Å²) in [5.74, 6) is -0.292. The Hall–Kier alpha value is -1.35. The van der Waals surface area contributed by atoms with Crippen molar-refractivity contribution in [2.45, 2.75) is 13.3 Å². The first-order valence-corrected chi connectivity index (χ1v) is 9.22. The molecule has 0 aliphatic rings. The van der Waals surface area contributed by atoms with E-state index in [0.717, 1.165) is 0 Å². The van der Waals surface area contributed by atoms with E-state index in [1.54, 1.807) is 38.3 Å². The van der Waals surface area contributed by atoms with Crippen LogP contribution in [0.3, 0.4) is 0 Å². The summed E-state index contributed by atoms with van der Waals surface area (Å²) >= 11 is 0. The molecule has 1 amide bonds. The topological polar surface area (TPSA) is 96.5 Å². The first-order valence-electron chi connectivity index (χ1n) is 7.57. The SMILES string of the molecule is CCCS(=O)(=O)Nc1ccccc1C(=O)NCCNCCOC.Cl. The summed E-state index contributed by atoms with van der Waals surface area (Å²) in [6.45, 7) is 4.15. The number of ether oxygens (including phenoxy) is 1. The third-order valence-corrected chi connectivity index (χ3v) is 4.46. The van der Waals surface area contributed by atoms with Crippen molar-refractivity contribution in [3.63, 3.8) is 0 Å². The molecule has 0 radical (unpaired) electrons. The highest BCUT2D eigenvalue weighted by atomic mass is 35.5. The molecule has 0 unspecified atom stereocenters. The number of rotatable bonds is 11. The number of hydrogen-bond acceptors (Lipinski definition) is 5. The van der Waals surface area contributed by atoms with Crippen molar-refractivity contribution in [3.8, 4) is 0 Å². The molecule has 7 nitrogen and oxygen atoms in total. The molecule has 0 fully saturated rings. The Kier molecular flexibility index (Phi) is 11.4. The third-order valence-electron chi connectivity index (χ3n) is 2.98. The van der Waals surface area contributed by atoms with Gasteiger partial charge in [0.05, 0.1) is 23.6 Å². The fraction of sp³-hybridized carbons (Fsp3) is 0.533. The second-order valence-electron chi connectivity index (χ2n) is 4.97. The molecule has 0 aliphatic carbocycles. The van der Waals surface area contributed by atoms with E-state index in [-0.39, 0.29) is 24.1 Å². The van der Waals surface area contributed by atoms with Gasteiger partial charge in [0, 0.05) is 26.7 Å². The van der Waals surface area contributed by atoms with Crippen molar-refractivity contribution in [3.05, 3.63) is 29.8 Å². The summed E-state index contributed by atoms with van der Waals surface area (Å²) in [6, 6.07) is 6.56. The number of para-hydroxylation sites is 1. The number of hydrogen-bond donors (Lipinski definition) is 3. The van der Waals surface area contributed by atoms with Crippen molar-refractivity contribution in [1.29, 1.82) is 0 Å². The first kappa shape index (κ1) is 22.6. The van der Waals surface area contributed by atoms with Gasteiger partial charge in [-0.25, -0.2) is 8.42 Å². The maximum atomic E-state index is 12.2. The Morgan fingerprint density at radius 3 is 2.54 bits per heavy atom. The first-order chi connectivity index (χ1) is 11.0. The van der Waals surface area contributed by atoms with E-state index in [2.05, 4.69) is 15.4 Å². The second-order valence-corrected chi connectivity index (χ2v) is 6.81. The summed E-state index contributed by atoms with van der Waals surface area (Å²) in [6.07, 6.45) is 0.511. The molecule has 0 aromatic heterocycles. The van der Waals surface area contributed by atoms with E-state index in [0.29, 0.717) is 43.9 Å².